The minimum absolute atomic E-state index is 0.174. The molecule has 128 valence electrons. The second-order valence-electron chi connectivity index (χ2n) is 5.99. The van der Waals surface area contributed by atoms with Crippen molar-refractivity contribution in [2.75, 3.05) is 36.8 Å². The highest BCUT2D eigenvalue weighted by molar-refractivity contribution is 7.09. The van der Waals surface area contributed by atoms with E-state index in [-0.39, 0.29) is 5.91 Å². The normalized spacial score (nSPS) is 15.4. The van der Waals surface area contributed by atoms with E-state index in [1.54, 1.807) is 0 Å². The van der Waals surface area contributed by atoms with E-state index in [1.807, 2.05) is 29.2 Å². The summed E-state index contributed by atoms with van der Waals surface area (Å²) in [6.07, 6.45) is 2.24. The lowest BCUT2D eigenvalue weighted by molar-refractivity contribution is -0.130. The van der Waals surface area contributed by atoms with Crippen LogP contribution in [0.5, 0.6) is 0 Å². The van der Waals surface area contributed by atoms with Crippen LogP contribution in [0.4, 0.5) is 10.8 Å². The Morgan fingerprint density at radius 2 is 2.00 bits per heavy atom. The van der Waals surface area contributed by atoms with Gasteiger partial charge in [-0.3, -0.25) is 4.79 Å². The van der Waals surface area contributed by atoms with Gasteiger partial charge in [0.1, 0.15) is 5.82 Å². The van der Waals surface area contributed by atoms with Gasteiger partial charge >= 0.3 is 0 Å². The van der Waals surface area contributed by atoms with Crippen molar-refractivity contribution < 1.29 is 4.79 Å². The number of anilines is 2. The maximum absolute atomic E-state index is 12.5. The van der Waals surface area contributed by atoms with E-state index >= 15 is 0 Å². The van der Waals surface area contributed by atoms with Gasteiger partial charge in [-0.15, -0.1) is 0 Å². The molecule has 0 spiro atoms. The van der Waals surface area contributed by atoms with Gasteiger partial charge in [0.2, 0.25) is 11.0 Å². The number of nitrogens with two attached hydrogens (primary N) is 1. The van der Waals surface area contributed by atoms with Crippen LogP contribution in [0.3, 0.4) is 0 Å². The summed E-state index contributed by atoms with van der Waals surface area (Å²) in [6, 6.07) is 7.52. The average molecular weight is 345 g/mol. The first-order valence-electron chi connectivity index (χ1n) is 8.35. The number of carbonyl (C=O) groups is 1. The maximum Gasteiger partial charge on any atom is 0.227 e. The first kappa shape index (κ1) is 16.7. The van der Waals surface area contributed by atoms with E-state index < -0.39 is 0 Å². The van der Waals surface area contributed by atoms with Crippen molar-refractivity contribution in [3.05, 3.63) is 35.7 Å². The number of aryl methyl sites for hydroxylation is 1. The molecule has 2 heterocycles. The van der Waals surface area contributed by atoms with Gasteiger partial charge in [0.05, 0.1) is 6.42 Å². The molecular formula is C17H23N5OS. The predicted octanol–water partition coefficient (Wildman–Crippen LogP) is 1.96. The third-order valence-corrected chi connectivity index (χ3v) is 5.04. The molecule has 2 aromatic rings. The second kappa shape index (κ2) is 7.61. The Labute approximate surface area is 146 Å². The number of aromatic nitrogens is 2. The summed E-state index contributed by atoms with van der Waals surface area (Å²) >= 11 is 1.45. The summed E-state index contributed by atoms with van der Waals surface area (Å²) in [4.78, 5) is 21.3. The molecule has 0 unspecified atom stereocenters. The molecule has 0 bridgehead atoms. The first-order chi connectivity index (χ1) is 11.7. The predicted molar refractivity (Wildman–Crippen MR) is 97.3 cm³/mol. The lowest BCUT2D eigenvalue weighted by atomic mass is 10.1. The molecule has 2 N–H and O–H groups in total. The third-order valence-electron chi connectivity index (χ3n) is 4.23. The highest BCUT2D eigenvalue weighted by Gasteiger charge is 2.21. The zero-order chi connectivity index (χ0) is 16.9. The molecule has 0 atom stereocenters. The van der Waals surface area contributed by atoms with Crippen LogP contribution in [-0.4, -0.2) is 46.3 Å². The Bertz CT molecular complexity index is 685. The Morgan fingerprint density at radius 3 is 2.71 bits per heavy atom. The minimum Gasteiger partial charge on any atom is -0.399 e. The van der Waals surface area contributed by atoms with Crippen molar-refractivity contribution in [3.63, 3.8) is 0 Å². The number of amides is 1. The molecule has 6 nitrogen and oxygen atoms in total. The summed E-state index contributed by atoms with van der Waals surface area (Å²) in [5, 5.41) is 0.972. The number of benzene rings is 1. The largest absolute Gasteiger partial charge is 0.399 e. The number of hydrogen-bond acceptors (Lipinski definition) is 6. The molecule has 0 radical (unpaired) electrons. The van der Waals surface area contributed by atoms with Gasteiger partial charge < -0.3 is 15.5 Å². The summed E-state index contributed by atoms with van der Waals surface area (Å²) < 4.78 is 4.36. The van der Waals surface area contributed by atoms with Crippen molar-refractivity contribution in [2.45, 2.75) is 26.2 Å². The van der Waals surface area contributed by atoms with Gasteiger partial charge in [0.15, 0.2) is 0 Å². The zero-order valence-electron chi connectivity index (χ0n) is 13.9. The molecular weight excluding hydrogens is 322 g/mol. The third kappa shape index (κ3) is 4.03. The van der Waals surface area contributed by atoms with Crippen LogP contribution in [0.1, 0.15) is 24.7 Å². The van der Waals surface area contributed by atoms with Gasteiger partial charge in [-0.25, -0.2) is 4.98 Å². The summed E-state index contributed by atoms with van der Waals surface area (Å²) in [6.45, 7) is 5.32. The molecule has 3 rings (SSSR count). The Kier molecular flexibility index (Phi) is 5.30. The number of nitrogens with zero attached hydrogens (tertiary/aromatic N) is 4. The van der Waals surface area contributed by atoms with E-state index in [1.165, 1.54) is 11.5 Å². The standard InChI is InChI=1S/C17H23N5OS/c1-2-15-19-17(24-20-15)22-9-3-8-21(10-11-22)16(23)12-13-4-6-14(18)7-5-13/h4-7H,2-3,8-12,18H2,1H3. The fourth-order valence-corrected chi connectivity index (χ4v) is 3.60. The van der Waals surface area contributed by atoms with Crippen LogP contribution in [0.15, 0.2) is 24.3 Å². The lowest BCUT2D eigenvalue weighted by Crippen LogP contribution is -2.36. The van der Waals surface area contributed by atoms with Crippen molar-refractivity contribution in [1.29, 1.82) is 0 Å². The number of nitrogen functional groups attached to an aromatic ring is 1. The van der Waals surface area contributed by atoms with E-state index in [0.29, 0.717) is 6.42 Å². The highest BCUT2D eigenvalue weighted by atomic mass is 32.1. The molecule has 1 aromatic heterocycles. The summed E-state index contributed by atoms with van der Waals surface area (Å²) in [7, 11) is 0. The van der Waals surface area contributed by atoms with Crippen molar-refractivity contribution >= 4 is 28.3 Å². The van der Waals surface area contributed by atoms with Crippen molar-refractivity contribution in [2.24, 2.45) is 0 Å². The van der Waals surface area contributed by atoms with Crippen LogP contribution in [0.2, 0.25) is 0 Å². The highest BCUT2D eigenvalue weighted by Crippen LogP contribution is 2.19. The lowest BCUT2D eigenvalue weighted by Gasteiger charge is -2.21. The van der Waals surface area contributed by atoms with Crippen molar-refractivity contribution in [3.8, 4) is 0 Å². The summed E-state index contributed by atoms with van der Waals surface area (Å²) in [5.41, 5.74) is 7.42. The van der Waals surface area contributed by atoms with Crippen LogP contribution in [0.25, 0.3) is 0 Å². The van der Waals surface area contributed by atoms with Gasteiger partial charge in [-0.2, -0.15) is 4.37 Å². The molecule has 0 aliphatic carbocycles. The molecule has 1 fully saturated rings. The Morgan fingerprint density at radius 1 is 1.21 bits per heavy atom. The molecule has 1 amide bonds. The minimum atomic E-state index is 0.174. The molecule has 1 aromatic carbocycles. The maximum atomic E-state index is 12.5. The van der Waals surface area contributed by atoms with E-state index in [0.717, 1.165) is 61.2 Å². The van der Waals surface area contributed by atoms with Gasteiger partial charge in [0, 0.05) is 49.8 Å². The average Bonchev–Trinajstić information content (AvgIpc) is 2.93. The molecule has 0 saturated carbocycles. The van der Waals surface area contributed by atoms with Crippen LogP contribution >= 0.6 is 11.5 Å². The number of carbonyl (C=O) groups excluding carboxylic acids is 1. The van der Waals surface area contributed by atoms with Crippen LogP contribution in [-0.2, 0) is 17.6 Å². The van der Waals surface area contributed by atoms with E-state index in [2.05, 4.69) is 21.2 Å². The van der Waals surface area contributed by atoms with Crippen LogP contribution < -0.4 is 10.6 Å². The van der Waals surface area contributed by atoms with Gasteiger partial charge in [-0.05, 0) is 24.1 Å². The molecule has 24 heavy (non-hydrogen) atoms. The number of hydrogen-bond donors (Lipinski definition) is 1. The van der Waals surface area contributed by atoms with Crippen LogP contribution in [0, 0.1) is 0 Å². The quantitative estimate of drug-likeness (QED) is 0.858. The number of rotatable bonds is 4. The smallest absolute Gasteiger partial charge is 0.227 e. The monoisotopic (exact) mass is 345 g/mol. The SMILES string of the molecule is CCc1nsc(N2CCCN(C(=O)Cc3ccc(N)cc3)CC2)n1. The Hall–Kier alpha value is -2.15. The Balaban J connectivity index is 1.58. The fourth-order valence-electron chi connectivity index (χ4n) is 2.80. The summed E-state index contributed by atoms with van der Waals surface area (Å²) in [5.74, 6) is 1.07. The molecule has 1 aliphatic rings. The van der Waals surface area contributed by atoms with Gasteiger partial charge in [-0.1, -0.05) is 19.1 Å². The fraction of sp³-hybridized carbons (Fsp3) is 0.471. The molecule has 1 aliphatic heterocycles. The van der Waals surface area contributed by atoms with Gasteiger partial charge in [0.25, 0.3) is 0 Å². The van der Waals surface area contributed by atoms with E-state index in [9.17, 15) is 4.79 Å². The topological polar surface area (TPSA) is 75.4 Å². The van der Waals surface area contributed by atoms with Crippen molar-refractivity contribution in [1.82, 2.24) is 14.3 Å². The first-order valence-corrected chi connectivity index (χ1v) is 9.12. The van der Waals surface area contributed by atoms with E-state index in [4.69, 9.17) is 5.73 Å². The molecule has 1 saturated heterocycles. The molecule has 7 heteroatoms. The zero-order valence-corrected chi connectivity index (χ0v) is 14.8. The second-order valence-corrected chi connectivity index (χ2v) is 6.72.